The molecule has 1 N–H and O–H groups in total. The smallest absolute Gasteiger partial charge is 0.291 e. The molecule has 1 fully saturated rings. The number of benzene rings is 1. The van der Waals surface area contributed by atoms with E-state index in [9.17, 15) is 18.5 Å². The second kappa shape index (κ2) is 5.64. The fourth-order valence-electron chi connectivity index (χ4n) is 1.86. The van der Waals surface area contributed by atoms with Gasteiger partial charge in [0.25, 0.3) is 15.8 Å². The topological polar surface area (TPSA) is 98.5 Å². The third kappa shape index (κ3) is 3.49. The van der Waals surface area contributed by atoms with Gasteiger partial charge >= 0.3 is 0 Å². The van der Waals surface area contributed by atoms with Crippen LogP contribution in [0.3, 0.4) is 0 Å². The summed E-state index contributed by atoms with van der Waals surface area (Å²) in [6.07, 6.45) is 1.92. The van der Waals surface area contributed by atoms with E-state index in [1.807, 2.05) is 0 Å². The summed E-state index contributed by atoms with van der Waals surface area (Å²) in [4.78, 5) is 9.79. The molecule has 0 aliphatic carbocycles. The molecule has 19 heavy (non-hydrogen) atoms. The lowest BCUT2D eigenvalue weighted by Gasteiger charge is -2.22. The Balaban J connectivity index is 2.18. The fraction of sp³-hybridized carbons (Fsp3) is 0.455. The third-order valence-electron chi connectivity index (χ3n) is 2.83. The lowest BCUT2D eigenvalue weighted by Crippen LogP contribution is -2.37. The van der Waals surface area contributed by atoms with Gasteiger partial charge in [-0.15, -0.1) is 0 Å². The summed E-state index contributed by atoms with van der Waals surface area (Å²) in [5.74, 6) is 0. The lowest BCUT2D eigenvalue weighted by atomic mass is 10.1. The van der Waals surface area contributed by atoms with Gasteiger partial charge in [0.2, 0.25) is 0 Å². The van der Waals surface area contributed by atoms with Crippen molar-refractivity contribution in [1.82, 2.24) is 5.32 Å². The minimum atomic E-state index is -3.98. The Morgan fingerprint density at radius 2 is 2.16 bits per heavy atom. The zero-order valence-electron chi connectivity index (χ0n) is 10.1. The first-order valence-electron chi connectivity index (χ1n) is 5.90. The van der Waals surface area contributed by atoms with E-state index in [1.165, 1.54) is 18.2 Å². The molecule has 0 radical (unpaired) electrons. The van der Waals surface area contributed by atoms with Crippen molar-refractivity contribution in [2.45, 2.75) is 30.4 Å². The van der Waals surface area contributed by atoms with E-state index >= 15 is 0 Å². The highest BCUT2D eigenvalue weighted by Crippen LogP contribution is 2.21. The van der Waals surface area contributed by atoms with Crippen LogP contribution in [0.25, 0.3) is 0 Å². The SMILES string of the molecule is O=[N+]([O-])c1cccc(S(=O)(=O)OC2CCCCN2)c1. The van der Waals surface area contributed by atoms with E-state index in [1.54, 1.807) is 0 Å². The molecule has 8 heteroatoms. The van der Waals surface area contributed by atoms with Crippen LogP contribution in [0.2, 0.25) is 0 Å². The van der Waals surface area contributed by atoms with Crippen LogP contribution >= 0.6 is 0 Å². The average molecular weight is 286 g/mol. The van der Waals surface area contributed by atoms with Crippen LogP contribution in [0, 0.1) is 10.1 Å². The van der Waals surface area contributed by atoms with Crippen molar-refractivity contribution >= 4 is 15.8 Å². The molecule has 1 atom stereocenters. The van der Waals surface area contributed by atoms with Crippen LogP contribution in [0.15, 0.2) is 29.2 Å². The van der Waals surface area contributed by atoms with Crippen LogP contribution in [0.1, 0.15) is 19.3 Å². The van der Waals surface area contributed by atoms with Crippen molar-refractivity contribution in [1.29, 1.82) is 0 Å². The maximum atomic E-state index is 12.0. The van der Waals surface area contributed by atoms with Gasteiger partial charge in [-0.3, -0.25) is 15.4 Å². The van der Waals surface area contributed by atoms with Crippen molar-refractivity contribution < 1.29 is 17.5 Å². The van der Waals surface area contributed by atoms with Gasteiger partial charge in [-0.2, -0.15) is 8.42 Å². The standard InChI is InChI=1S/C11H14N2O5S/c14-13(15)9-4-3-5-10(8-9)19(16,17)18-11-6-1-2-7-12-11/h3-5,8,11-12H,1-2,6-7H2. The molecule has 1 aliphatic rings. The highest BCUT2D eigenvalue weighted by atomic mass is 32.2. The number of nitro benzene ring substituents is 1. The number of hydrogen-bond donors (Lipinski definition) is 1. The van der Waals surface area contributed by atoms with Crippen LogP contribution in [-0.4, -0.2) is 26.1 Å². The minimum Gasteiger partial charge on any atom is -0.291 e. The molecule has 0 spiro atoms. The molecule has 1 saturated heterocycles. The van der Waals surface area contributed by atoms with Crippen molar-refractivity contribution in [3.63, 3.8) is 0 Å². The number of nitrogens with one attached hydrogen (secondary N) is 1. The van der Waals surface area contributed by atoms with Gasteiger partial charge in [-0.1, -0.05) is 6.07 Å². The Kier molecular flexibility index (Phi) is 4.13. The molecular weight excluding hydrogens is 272 g/mol. The molecule has 1 heterocycles. The summed E-state index contributed by atoms with van der Waals surface area (Å²) < 4.78 is 29.0. The minimum absolute atomic E-state index is 0.200. The zero-order chi connectivity index (χ0) is 13.9. The Morgan fingerprint density at radius 1 is 1.37 bits per heavy atom. The fourth-order valence-corrected chi connectivity index (χ4v) is 2.95. The van der Waals surface area contributed by atoms with E-state index in [4.69, 9.17) is 4.18 Å². The Labute approximate surface area is 110 Å². The molecule has 1 aliphatic heterocycles. The van der Waals surface area contributed by atoms with Crippen molar-refractivity contribution in [3.8, 4) is 0 Å². The summed E-state index contributed by atoms with van der Waals surface area (Å²) in [5.41, 5.74) is -0.277. The van der Waals surface area contributed by atoms with E-state index in [0.717, 1.165) is 18.9 Å². The van der Waals surface area contributed by atoms with Crippen LogP contribution in [0.4, 0.5) is 5.69 Å². The van der Waals surface area contributed by atoms with Gasteiger partial charge in [0.05, 0.1) is 4.92 Å². The van der Waals surface area contributed by atoms with Crippen molar-refractivity contribution in [2.24, 2.45) is 0 Å². The Morgan fingerprint density at radius 3 is 2.79 bits per heavy atom. The first kappa shape index (κ1) is 13.9. The van der Waals surface area contributed by atoms with Gasteiger partial charge in [0.1, 0.15) is 11.1 Å². The molecule has 0 bridgehead atoms. The van der Waals surface area contributed by atoms with E-state index < -0.39 is 21.3 Å². The van der Waals surface area contributed by atoms with E-state index in [0.29, 0.717) is 13.0 Å². The van der Waals surface area contributed by atoms with Gasteiger partial charge in [0.15, 0.2) is 0 Å². The summed E-state index contributed by atoms with van der Waals surface area (Å²) in [7, 11) is -3.98. The highest BCUT2D eigenvalue weighted by molar-refractivity contribution is 7.86. The predicted molar refractivity (Wildman–Crippen MR) is 67.0 cm³/mol. The molecule has 7 nitrogen and oxygen atoms in total. The molecule has 2 rings (SSSR count). The maximum Gasteiger partial charge on any atom is 0.298 e. The molecule has 0 amide bonds. The number of nitro groups is 1. The summed E-state index contributed by atoms with van der Waals surface area (Å²) in [6.45, 7) is 0.703. The first-order chi connectivity index (χ1) is 8.99. The zero-order valence-corrected chi connectivity index (χ0v) is 10.9. The molecule has 1 aromatic rings. The second-order valence-corrected chi connectivity index (χ2v) is 5.82. The normalized spacial score (nSPS) is 20.1. The molecule has 0 saturated carbocycles. The lowest BCUT2D eigenvalue weighted by molar-refractivity contribution is -0.385. The highest BCUT2D eigenvalue weighted by Gasteiger charge is 2.24. The first-order valence-corrected chi connectivity index (χ1v) is 7.31. The summed E-state index contributed by atoms with van der Waals surface area (Å²) >= 11 is 0. The number of nitrogens with zero attached hydrogens (tertiary/aromatic N) is 1. The van der Waals surface area contributed by atoms with Gasteiger partial charge in [-0.05, 0) is 31.9 Å². The quantitative estimate of drug-likeness (QED) is 0.510. The number of non-ortho nitro benzene ring substituents is 1. The molecule has 1 unspecified atom stereocenters. The van der Waals surface area contributed by atoms with Gasteiger partial charge in [-0.25, -0.2) is 4.18 Å². The summed E-state index contributed by atoms with van der Waals surface area (Å²) in [6, 6.07) is 4.84. The monoisotopic (exact) mass is 286 g/mol. The molecular formula is C11H14N2O5S. The van der Waals surface area contributed by atoms with Gasteiger partial charge < -0.3 is 0 Å². The largest absolute Gasteiger partial charge is 0.298 e. The number of rotatable bonds is 4. The number of piperidine rings is 1. The van der Waals surface area contributed by atoms with Gasteiger partial charge in [0, 0.05) is 12.1 Å². The maximum absolute atomic E-state index is 12.0. The molecule has 0 aromatic heterocycles. The van der Waals surface area contributed by atoms with Crippen LogP contribution in [0.5, 0.6) is 0 Å². The molecule has 104 valence electrons. The van der Waals surface area contributed by atoms with Crippen molar-refractivity contribution in [3.05, 3.63) is 34.4 Å². The number of hydrogen-bond acceptors (Lipinski definition) is 6. The van der Waals surface area contributed by atoms with Crippen LogP contribution in [-0.2, 0) is 14.3 Å². The third-order valence-corrected chi connectivity index (χ3v) is 4.14. The van der Waals surface area contributed by atoms with E-state index in [2.05, 4.69) is 5.32 Å². The predicted octanol–water partition coefficient (Wildman–Crippen LogP) is 1.40. The molecule has 1 aromatic carbocycles. The van der Waals surface area contributed by atoms with Crippen molar-refractivity contribution in [2.75, 3.05) is 6.54 Å². The van der Waals surface area contributed by atoms with Crippen LogP contribution < -0.4 is 5.32 Å². The second-order valence-electron chi connectivity index (χ2n) is 4.24. The van der Waals surface area contributed by atoms with E-state index in [-0.39, 0.29) is 10.6 Å². The Hall–Kier alpha value is -1.51. The summed E-state index contributed by atoms with van der Waals surface area (Å²) in [5, 5.41) is 13.6. The Bertz CT molecular complexity index is 566. The average Bonchev–Trinajstić information content (AvgIpc) is 2.39.